The molecule has 3 N–H and O–H groups in total. The van der Waals surface area contributed by atoms with E-state index in [1.165, 1.54) is 0 Å². The number of carboxylic acids is 1. The van der Waals surface area contributed by atoms with E-state index in [1.807, 2.05) is 42.5 Å². The summed E-state index contributed by atoms with van der Waals surface area (Å²) in [6.45, 7) is 0. The number of carbonyl (C=O) groups is 1. The largest absolute Gasteiger partial charge is 0.478 e. The number of carboxylic acid groups (broad SMARTS) is 1. The highest BCUT2D eigenvalue weighted by Crippen LogP contribution is 2.30. The molecule has 3 aromatic carbocycles. The lowest BCUT2D eigenvalue weighted by atomic mass is 9.84. The molecule has 8 heteroatoms. The Morgan fingerprint density at radius 2 is 1.79 bits per heavy atom. The lowest BCUT2D eigenvalue weighted by molar-refractivity contribution is 0.0695. The SMILES string of the molecule is O=C(O)c1ccc(-c2nn[nH]n2)cc1CC(Cc1cccc(-c2ccn[nH]2)c1)c1ccccc1. The van der Waals surface area contributed by atoms with E-state index >= 15 is 0 Å². The van der Waals surface area contributed by atoms with Gasteiger partial charge in [0.05, 0.1) is 11.3 Å². The molecule has 0 saturated carbocycles. The molecule has 0 spiro atoms. The van der Waals surface area contributed by atoms with E-state index in [9.17, 15) is 9.90 Å². The molecule has 34 heavy (non-hydrogen) atoms. The van der Waals surface area contributed by atoms with E-state index in [0.717, 1.165) is 39.9 Å². The van der Waals surface area contributed by atoms with Crippen molar-refractivity contribution in [3.05, 3.63) is 107 Å². The predicted molar refractivity (Wildman–Crippen MR) is 127 cm³/mol. The van der Waals surface area contributed by atoms with Gasteiger partial charge in [0, 0.05) is 11.8 Å². The van der Waals surface area contributed by atoms with Gasteiger partial charge in [-0.1, -0.05) is 54.6 Å². The van der Waals surface area contributed by atoms with Crippen molar-refractivity contribution in [2.75, 3.05) is 0 Å². The molecule has 0 aliphatic carbocycles. The van der Waals surface area contributed by atoms with Gasteiger partial charge < -0.3 is 5.11 Å². The number of hydrogen-bond donors (Lipinski definition) is 3. The normalized spacial score (nSPS) is 11.9. The predicted octanol–water partition coefficient (Wildman–Crippen LogP) is 4.52. The molecule has 1 atom stereocenters. The van der Waals surface area contributed by atoms with Gasteiger partial charge >= 0.3 is 5.97 Å². The Morgan fingerprint density at radius 3 is 2.53 bits per heavy atom. The van der Waals surface area contributed by atoms with Crippen LogP contribution in [0.1, 0.15) is 33.0 Å². The van der Waals surface area contributed by atoms with Crippen LogP contribution in [0.15, 0.2) is 85.1 Å². The van der Waals surface area contributed by atoms with Crippen molar-refractivity contribution in [1.82, 2.24) is 30.8 Å². The van der Waals surface area contributed by atoms with Crippen molar-refractivity contribution < 1.29 is 9.90 Å². The monoisotopic (exact) mass is 450 g/mol. The Labute approximate surface area is 195 Å². The van der Waals surface area contributed by atoms with E-state index in [4.69, 9.17) is 0 Å². The van der Waals surface area contributed by atoms with Crippen LogP contribution in [0.2, 0.25) is 0 Å². The van der Waals surface area contributed by atoms with Gasteiger partial charge in [0.2, 0.25) is 5.82 Å². The fourth-order valence-corrected chi connectivity index (χ4v) is 4.26. The lowest BCUT2D eigenvalue weighted by Crippen LogP contribution is -2.11. The summed E-state index contributed by atoms with van der Waals surface area (Å²) < 4.78 is 0. The Kier molecular flexibility index (Phi) is 5.94. The van der Waals surface area contributed by atoms with Crippen LogP contribution in [0.3, 0.4) is 0 Å². The van der Waals surface area contributed by atoms with Crippen LogP contribution in [0.25, 0.3) is 22.6 Å². The molecular weight excluding hydrogens is 428 g/mol. The van der Waals surface area contributed by atoms with Crippen LogP contribution in [0.4, 0.5) is 0 Å². The molecule has 1 unspecified atom stereocenters. The summed E-state index contributed by atoms with van der Waals surface area (Å²) in [7, 11) is 0. The highest BCUT2D eigenvalue weighted by Gasteiger charge is 2.20. The van der Waals surface area contributed by atoms with Crippen LogP contribution in [-0.2, 0) is 12.8 Å². The molecule has 0 aliphatic heterocycles. The van der Waals surface area contributed by atoms with E-state index in [0.29, 0.717) is 12.2 Å². The van der Waals surface area contributed by atoms with Crippen molar-refractivity contribution >= 4 is 5.97 Å². The average Bonchev–Trinajstić information content (AvgIpc) is 3.59. The van der Waals surface area contributed by atoms with Crippen molar-refractivity contribution in [3.63, 3.8) is 0 Å². The lowest BCUT2D eigenvalue weighted by Gasteiger charge is -2.20. The first-order chi connectivity index (χ1) is 16.7. The third-order valence-corrected chi connectivity index (χ3v) is 5.90. The summed E-state index contributed by atoms with van der Waals surface area (Å²) in [6.07, 6.45) is 3.03. The van der Waals surface area contributed by atoms with Gasteiger partial charge in [-0.05, 0) is 70.5 Å². The summed E-state index contributed by atoms with van der Waals surface area (Å²) in [4.78, 5) is 12.0. The first-order valence-electron chi connectivity index (χ1n) is 10.9. The quantitative estimate of drug-likeness (QED) is 0.320. The number of aromatic amines is 2. The highest BCUT2D eigenvalue weighted by molar-refractivity contribution is 5.90. The molecule has 0 bridgehead atoms. The van der Waals surface area contributed by atoms with Crippen LogP contribution < -0.4 is 0 Å². The zero-order valence-electron chi connectivity index (χ0n) is 18.2. The summed E-state index contributed by atoms with van der Waals surface area (Å²) in [5, 5.41) is 31.0. The topological polar surface area (TPSA) is 120 Å². The Balaban J connectivity index is 1.51. The molecule has 0 saturated heterocycles. The van der Waals surface area contributed by atoms with Gasteiger partial charge in [-0.15, -0.1) is 10.2 Å². The van der Waals surface area contributed by atoms with Crippen molar-refractivity contribution in [1.29, 1.82) is 0 Å². The second-order valence-electron chi connectivity index (χ2n) is 8.10. The number of nitrogens with zero attached hydrogens (tertiary/aromatic N) is 4. The maximum Gasteiger partial charge on any atom is 0.335 e. The fraction of sp³-hybridized carbons (Fsp3) is 0.115. The Morgan fingerprint density at radius 1 is 0.912 bits per heavy atom. The van der Waals surface area contributed by atoms with Gasteiger partial charge in [0.15, 0.2) is 0 Å². The van der Waals surface area contributed by atoms with Gasteiger partial charge in [0.1, 0.15) is 0 Å². The third-order valence-electron chi connectivity index (χ3n) is 5.90. The van der Waals surface area contributed by atoms with Crippen LogP contribution in [0.5, 0.6) is 0 Å². The number of aromatic nitrogens is 6. The number of aromatic carboxylic acids is 1. The van der Waals surface area contributed by atoms with Crippen LogP contribution in [0, 0.1) is 0 Å². The van der Waals surface area contributed by atoms with Crippen LogP contribution >= 0.6 is 0 Å². The standard InChI is InChI=1S/C26H22N6O2/c33-26(34)23-10-9-20(25-29-31-32-30-25)15-22(23)16-21(18-6-2-1-3-7-18)14-17-5-4-8-19(13-17)24-11-12-27-28-24/h1-13,15,21H,14,16H2,(H,27,28)(H,33,34)(H,29,30,31,32). The molecule has 5 rings (SSSR count). The minimum absolute atomic E-state index is 0.0665. The van der Waals surface area contributed by atoms with Gasteiger partial charge in [-0.3, -0.25) is 5.10 Å². The highest BCUT2D eigenvalue weighted by atomic mass is 16.4. The maximum atomic E-state index is 12.0. The first kappa shape index (κ1) is 21.3. The van der Waals surface area contributed by atoms with Crippen molar-refractivity contribution in [2.45, 2.75) is 18.8 Å². The third kappa shape index (κ3) is 4.61. The van der Waals surface area contributed by atoms with Crippen molar-refractivity contribution in [3.8, 4) is 22.6 Å². The van der Waals surface area contributed by atoms with E-state index in [1.54, 1.807) is 18.3 Å². The molecule has 5 aromatic rings. The molecule has 0 radical (unpaired) electrons. The second kappa shape index (κ2) is 9.50. The van der Waals surface area contributed by atoms with Crippen LogP contribution in [-0.4, -0.2) is 41.9 Å². The zero-order chi connectivity index (χ0) is 23.3. The molecule has 0 fully saturated rings. The fourth-order valence-electron chi connectivity index (χ4n) is 4.26. The zero-order valence-corrected chi connectivity index (χ0v) is 18.2. The average molecular weight is 451 g/mol. The number of nitrogens with one attached hydrogen (secondary N) is 2. The number of benzene rings is 3. The smallest absolute Gasteiger partial charge is 0.335 e. The Hall–Kier alpha value is -4.59. The molecular formula is C26H22N6O2. The number of H-pyrrole nitrogens is 2. The van der Waals surface area contributed by atoms with Crippen molar-refractivity contribution in [2.24, 2.45) is 0 Å². The molecule has 2 heterocycles. The van der Waals surface area contributed by atoms with E-state index in [2.05, 4.69) is 55.1 Å². The van der Waals surface area contributed by atoms with Gasteiger partial charge in [0.25, 0.3) is 0 Å². The first-order valence-corrected chi connectivity index (χ1v) is 10.9. The molecule has 8 nitrogen and oxygen atoms in total. The maximum absolute atomic E-state index is 12.0. The second-order valence-corrected chi connectivity index (χ2v) is 8.10. The molecule has 2 aromatic heterocycles. The molecule has 0 amide bonds. The number of tetrazole rings is 1. The molecule has 0 aliphatic rings. The van der Waals surface area contributed by atoms with Gasteiger partial charge in [-0.25, -0.2) is 4.79 Å². The minimum atomic E-state index is -0.956. The summed E-state index contributed by atoms with van der Waals surface area (Å²) in [5.41, 5.74) is 6.06. The number of hydrogen-bond acceptors (Lipinski definition) is 5. The van der Waals surface area contributed by atoms with E-state index < -0.39 is 5.97 Å². The summed E-state index contributed by atoms with van der Waals surface area (Å²) in [6, 6.07) is 25.6. The van der Waals surface area contributed by atoms with Gasteiger partial charge in [-0.2, -0.15) is 10.3 Å². The number of rotatable bonds is 8. The van der Waals surface area contributed by atoms with E-state index in [-0.39, 0.29) is 11.5 Å². The minimum Gasteiger partial charge on any atom is -0.478 e. The Bertz CT molecular complexity index is 1380. The summed E-state index contributed by atoms with van der Waals surface area (Å²) >= 11 is 0. The molecule has 168 valence electrons. The summed E-state index contributed by atoms with van der Waals surface area (Å²) in [5.74, 6) is -0.457.